The van der Waals surface area contributed by atoms with E-state index in [0.29, 0.717) is 6.54 Å². The highest BCUT2D eigenvalue weighted by atomic mass is 79.9. The van der Waals surface area contributed by atoms with Gasteiger partial charge in [0.2, 0.25) is 0 Å². The maximum absolute atomic E-state index is 5.56. The molecule has 0 radical (unpaired) electrons. The first-order chi connectivity index (χ1) is 9.17. The van der Waals surface area contributed by atoms with Crippen molar-refractivity contribution in [2.75, 3.05) is 7.05 Å². The van der Waals surface area contributed by atoms with Crippen LogP contribution in [0, 0.1) is 0 Å². The van der Waals surface area contributed by atoms with Crippen molar-refractivity contribution >= 4 is 15.9 Å². The van der Waals surface area contributed by atoms with Crippen molar-refractivity contribution in [2.24, 2.45) is 5.73 Å². The fraction of sp³-hybridized carbons (Fsp3) is 0.267. The summed E-state index contributed by atoms with van der Waals surface area (Å²) in [4.78, 5) is 6.66. The van der Waals surface area contributed by atoms with Crippen LogP contribution >= 0.6 is 15.9 Å². The van der Waals surface area contributed by atoms with Gasteiger partial charge in [0.15, 0.2) is 0 Å². The number of rotatable bonds is 5. The van der Waals surface area contributed by atoms with Crippen LogP contribution in [0.3, 0.4) is 0 Å². The molecule has 3 nitrogen and oxygen atoms in total. The van der Waals surface area contributed by atoms with E-state index in [-0.39, 0.29) is 0 Å². The van der Waals surface area contributed by atoms with Gasteiger partial charge >= 0.3 is 0 Å². The molecule has 1 heterocycles. The quantitative estimate of drug-likeness (QED) is 0.921. The number of hydrogen-bond donors (Lipinski definition) is 1. The van der Waals surface area contributed by atoms with Crippen molar-refractivity contribution in [1.82, 2.24) is 9.88 Å². The van der Waals surface area contributed by atoms with Gasteiger partial charge in [0.1, 0.15) is 0 Å². The Morgan fingerprint density at radius 3 is 2.32 bits per heavy atom. The van der Waals surface area contributed by atoms with Crippen LogP contribution in [-0.2, 0) is 19.6 Å². The van der Waals surface area contributed by atoms with Crippen LogP contribution in [0.15, 0.2) is 47.1 Å². The molecular formula is C15H18BrN3. The lowest BCUT2D eigenvalue weighted by atomic mass is 10.2. The third-order valence-electron chi connectivity index (χ3n) is 2.92. The van der Waals surface area contributed by atoms with Crippen molar-refractivity contribution < 1.29 is 0 Å². The van der Waals surface area contributed by atoms with E-state index in [1.165, 1.54) is 5.56 Å². The number of benzene rings is 1. The van der Waals surface area contributed by atoms with Crippen molar-refractivity contribution in [1.29, 1.82) is 0 Å². The molecule has 0 aliphatic heterocycles. The Morgan fingerprint density at radius 2 is 1.74 bits per heavy atom. The van der Waals surface area contributed by atoms with Crippen LogP contribution in [0.1, 0.15) is 16.8 Å². The van der Waals surface area contributed by atoms with Crippen LogP contribution in [0.4, 0.5) is 0 Å². The summed E-state index contributed by atoms with van der Waals surface area (Å²) in [5.74, 6) is 0. The van der Waals surface area contributed by atoms with Gasteiger partial charge in [0.05, 0.1) is 5.69 Å². The first-order valence-electron chi connectivity index (χ1n) is 6.24. The fourth-order valence-electron chi connectivity index (χ4n) is 1.90. The molecule has 0 aliphatic carbocycles. The van der Waals surface area contributed by atoms with Gasteiger partial charge in [-0.3, -0.25) is 9.88 Å². The monoisotopic (exact) mass is 319 g/mol. The molecule has 100 valence electrons. The third kappa shape index (κ3) is 4.42. The van der Waals surface area contributed by atoms with Crippen molar-refractivity contribution in [3.63, 3.8) is 0 Å². The first-order valence-corrected chi connectivity index (χ1v) is 7.03. The molecule has 2 aromatic rings. The molecule has 0 atom stereocenters. The zero-order valence-electron chi connectivity index (χ0n) is 11.0. The Balaban J connectivity index is 1.92. The molecule has 19 heavy (non-hydrogen) atoms. The molecule has 0 saturated heterocycles. The van der Waals surface area contributed by atoms with E-state index in [9.17, 15) is 0 Å². The molecule has 0 fully saturated rings. The van der Waals surface area contributed by atoms with E-state index in [1.54, 1.807) is 0 Å². The maximum Gasteiger partial charge on any atom is 0.0544 e. The van der Waals surface area contributed by atoms with E-state index in [0.717, 1.165) is 28.8 Å². The summed E-state index contributed by atoms with van der Waals surface area (Å²) < 4.78 is 1.11. The average Bonchev–Trinajstić information content (AvgIpc) is 2.42. The van der Waals surface area contributed by atoms with Gasteiger partial charge in [0.25, 0.3) is 0 Å². The second kappa shape index (κ2) is 6.80. The lowest BCUT2D eigenvalue weighted by Gasteiger charge is -2.16. The van der Waals surface area contributed by atoms with Gasteiger partial charge in [-0.2, -0.15) is 0 Å². The highest BCUT2D eigenvalue weighted by Crippen LogP contribution is 2.12. The Morgan fingerprint density at radius 1 is 1.05 bits per heavy atom. The van der Waals surface area contributed by atoms with Crippen molar-refractivity contribution in [2.45, 2.75) is 19.6 Å². The smallest absolute Gasteiger partial charge is 0.0544 e. The number of nitrogens with two attached hydrogens (primary N) is 1. The molecule has 1 aromatic carbocycles. The Labute approximate surface area is 122 Å². The zero-order chi connectivity index (χ0) is 13.7. The van der Waals surface area contributed by atoms with Gasteiger partial charge in [0, 0.05) is 30.3 Å². The number of hydrogen-bond acceptors (Lipinski definition) is 3. The summed E-state index contributed by atoms with van der Waals surface area (Å²) >= 11 is 3.45. The van der Waals surface area contributed by atoms with Crippen LogP contribution in [-0.4, -0.2) is 16.9 Å². The number of aromatic nitrogens is 1. The zero-order valence-corrected chi connectivity index (χ0v) is 12.6. The number of pyridine rings is 1. The van der Waals surface area contributed by atoms with Gasteiger partial charge in [-0.05, 0) is 36.4 Å². The van der Waals surface area contributed by atoms with Gasteiger partial charge < -0.3 is 5.73 Å². The predicted octanol–water partition coefficient (Wildman–Crippen LogP) is 2.93. The normalized spacial score (nSPS) is 10.9. The van der Waals surface area contributed by atoms with Gasteiger partial charge in [-0.15, -0.1) is 0 Å². The first kappa shape index (κ1) is 14.2. The molecule has 0 unspecified atom stereocenters. The summed E-state index contributed by atoms with van der Waals surface area (Å²) in [5.41, 5.74) is 8.99. The molecule has 2 rings (SSSR count). The maximum atomic E-state index is 5.56. The number of nitrogens with zero attached hydrogens (tertiary/aromatic N) is 2. The summed E-state index contributed by atoms with van der Waals surface area (Å²) in [6, 6.07) is 12.5. The van der Waals surface area contributed by atoms with E-state index < -0.39 is 0 Å². The standard InChI is InChI=1S/C15H18BrN3/c1-19(10-12-2-5-14(16)6-3-12)11-15-7-4-13(8-17)9-18-15/h2-7,9H,8,10-11,17H2,1H3. The summed E-state index contributed by atoms with van der Waals surface area (Å²) in [5, 5.41) is 0. The minimum atomic E-state index is 0.544. The molecule has 0 saturated carbocycles. The lowest BCUT2D eigenvalue weighted by Crippen LogP contribution is -2.18. The highest BCUT2D eigenvalue weighted by molar-refractivity contribution is 9.10. The molecule has 0 aliphatic rings. The second-order valence-electron chi connectivity index (χ2n) is 4.66. The molecule has 0 bridgehead atoms. The van der Waals surface area contributed by atoms with Crippen molar-refractivity contribution in [3.8, 4) is 0 Å². The lowest BCUT2D eigenvalue weighted by molar-refractivity contribution is 0.315. The van der Waals surface area contributed by atoms with E-state index in [4.69, 9.17) is 5.73 Å². The predicted molar refractivity (Wildman–Crippen MR) is 81.4 cm³/mol. The molecule has 2 N–H and O–H groups in total. The van der Waals surface area contributed by atoms with E-state index >= 15 is 0 Å². The Hall–Kier alpha value is -1.23. The largest absolute Gasteiger partial charge is 0.326 e. The van der Waals surface area contributed by atoms with E-state index in [2.05, 4.69) is 57.1 Å². The van der Waals surface area contributed by atoms with Crippen LogP contribution in [0.2, 0.25) is 0 Å². The molecule has 4 heteroatoms. The minimum absolute atomic E-state index is 0.544. The van der Waals surface area contributed by atoms with Crippen molar-refractivity contribution in [3.05, 3.63) is 63.9 Å². The molecule has 0 spiro atoms. The Kier molecular flexibility index (Phi) is 5.07. The van der Waals surface area contributed by atoms with Crippen LogP contribution in [0.25, 0.3) is 0 Å². The minimum Gasteiger partial charge on any atom is -0.326 e. The van der Waals surface area contributed by atoms with E-state index in [1.807, 2.05) is 18.3 Å². The SMILES string of the molecule is CN(Cc1ccc(Br)cc1)Cc1ccc(CN)cn1. The average molecular weight is 320 g/mol. The Bertz CT molecular complexity index is 508. The van der Waals surface area contributed by atoms with Gasteiger partial charge in [-0.1, -0.05) is 34.1 Å². The van der Waals surface area contributed by atoms with Crippen LogP contribution < -0.4 is 5.73 Å². The van der Waals surface area contributed by atoms with Crippen LogP contribution in [0.5, 0.6) is 0 Å². The second-order valence-corrected chi connectivity index (χ2v) is 5.58. The van der Waals surface area contributed by atoms with Gasteiger partial charge in [-0.25, -0.2) is 0 Å². The number of halogens is 1. The fourth-order valence-corrected chi connectivity index (χ4v) is 2.17. The summed E-state index contributed by atoms with van der Waals surface area (Å²) in [6.07, 6.45) is 1.85. The molecule has 0 amide bonds. The summed E-state index contributed by atoms with van der Waals surface area (Å²) in [7, 11) is 2.10. The topological polar surface area (TPSA) is 42.1 Å². The molecule has 1 aromatic heterocycles. The highest BCUT2D eigenvalue weighted by Gasteiger charge is 2.03. The summed E-state index contributed by atoms with van der Waals surface area (Å²) in [6.45, 7) is 2.29. The third-order valence-corrected chi connectivity index (χ3v) is 3.45. The molecular weight excluding hydrogens is 302 g/mol.